The van der Waals surface area contributed by atoms with Crippen LogP contribution in [-0.2, 0) is 11.2 Å². The number of aromatic nitrogens is 1. The van der Waals surface area contributed by atoms with Gasteiger partial charge in [0.25, 0.3) is 0 Å². The molecule has 0 saturated carbocycles. The van der Waals surface area contributed by atoms with E-state index in [9.17, 15) is 9.90 Å². The van der Waals surface area contributed by atoms with Gasteiger partial charge < -0.3 is 14.3 Å². The monoisotopic (exact) mass is 297 g/mol. The lowest BCUT2D eigenvalue weighted by atomic mass is 10.1. The SMILES string of the molecule is COC(=O)c1ccc(CC(O)c2nc3ccccc3o2)cc1. The van der Waals surface area contributed by atoms with Gasteiger partial charge in [-0.15, -0.1) is 0 Å². The molecule has 5 nitrogen and oxygen atoms in total. The van der Waals surface area contributed by atoms with Gasteiger partial charge in [0.2, 0.25) is 5.89 Å². The fourth-order valence-electron chi connectivity index (χ4n) is 2.24. The van der Waals surface area contributed by atoms with Crippen LogP contribution in [0.4, 0.5) is 0 Å². The summed E-state index contributed by atoms with van der Waals surface area (Å²) in [5.41, 5.74) is 2.72. The Labute approximate surface area is 127 Å². The predicted octanol–water partition coefficient (Wildman–Crippen LogP) is 2.89. The molecular weight excluding hydrogens is 282 g/mol. The van der Waals surface area contributed by atoms with Gasteiger partial charge in [-0.2, -0.15) is 0 Å². The molecule has 0 bridgehead atoms. The van der Waals surface area contributed by atoms with Crippen molar-refractivity contribution in [2.75, 3.05) is 7.11 Å². The molecule has 5 heteroatoms. The summed E-state index contributed by atoms with van der Waals surface area (Å²) in [6, 6.07) is 14.3. The average molecular weight is 297 g/mol. The molecule has 112 valence electrons. The Balaban J connectivity index is 1.75. The van der Waals surface area contributed by atoms with E-state index < -0.39 is 6.10 Å². The van der Waals surface area contributed by atoms with Gasteiger partial charge in [0.05, 0.1) is 12.7 Å². The standard InChI is InChI=1S/C17H15NO4/c1-21-17(20)12-8-6-11(7-9-12)10-14(19)16-18-13-4-2-3-5-15(13)22-16/h2-9,14,19H,10H2,1H3. The summed E-state index contributed by atoms with van der Waals surface area (Å²) in [6.45, 7) is 0. The third-order valence-electron chi connectivity index (χ3n) is 3.40. The Kier molecular flexibility index (Phi) is 3.89. The molecule has 0 fully saturated rings. The Morgan fingerprint density at radius 1 is 1.23 bits per heavy atom. The van der Waals surface area contributed by atoms with E-state index in [0.29, 0.717) is 23.5 Å². The first-order valence-corrected chi connectivity index (χ1v) is 6.88. The highest BCUT2D eigenvalue weighted by atomic mass is 16.5. The van der Waals surface area contributed by atoms with Crippen molar-refractivity contribution in [1.29, 1.82) is 0 Å². The molecule has 0 saturated heterocycles. The molecule has 0 aliphatic heterocycles. The second-order valence-corrected chi connectivity index (χ2v) is 4.93. The Bertz CT molecular complexity index is 759. The number of oxazole rings is 1. The minimum Gasteiger partial charge on any atom is -0.465 e. The molecule has 0 amide bonds. The first-order chi connectivity index (χ1) is 10.7. The number of benzene rings is 2. The van der Waals surface area contributed by atoms with Crippen molar-refractivity contribution in [3.8, 4) is 0 Å². The van der Waals surface area contributed by atoms with Gasteiger partial charge in [0.15, 0.2) is 5.58 Å². The van der Waals surface area contributed by atoms with E-state index in [0.717, 1.165) is 11.1 Å². The smallest absolute Gasteiger partial charge is 0.337 e. The molecule has 2 aromatic carbocycles. The molecule has 1 heterocycles. The van der Waals surface area contributed by atoms with E-state index in [2.05, 4.69) is 9.72 Å². The number of fused-ring (bicyclic) bond motifs is 1. The van der Waals surface area contributed by atoms with E-state index in [1.807, 2.05) is 24.3 Å². The normalized spacial score (nSPS) is 12.3. The molecule has 3 aromatic rings. The zero-order valence-corrected chi connectivity index (χ0v) is 12.0. The maximum atomic E-state index is 11.4. The molecule has 1 unspecified atom stereocenters. The zero-order chi connectivity index (χ0) is 15.5. The number of hydrogen-bond donors (Lipinski definition) is 1. The van der Waals surface area contributed by atoms with Crippen molar-refractivity contribution in [1.82, 2.24) is 4.98 Å². The predicted molar refractivity (Wildman–Crippen MR) is 80.5 cm³/mol. The van der Waals surface area contributed by atoms with Crippen LogP contribution in [0.15, 0.2) is 52.9 Å². The summed E-state index contributed by atoms with van der Waals surface area (Å²) in [7, 11) is 1.34. The Hall–Kier alpha value is -2.66. The first kappa shape index (κ1) is 14.3. The second-order valence-electron chi connectivity index (χ2n) is 4.93. The number of carbonyl (C=O) groups is 1. The van der Waals surface area contributed by atoms with Gasteiger partial charge in [-0.25, -0.2) is 9.78 Å². The van der Waals surface area contributed by atoms with E-state index in [1.165, 1.54) is 7.11 Å². The summed E-state index contributed by atoms with van der Waals surface area (Å²) in [4.78, 5) is 15.6. The molecule has 0 aliphatic carbocycles. The first-order valence-electron chi connectivity index (χ1n) is 6.88. The van der Waals surface area contributed by atoms with Crippen LogP contribution in [-0.4, -0.2) is 23.2 Å². The highest BCUT2D eigenvalue weighted by Gasteiger charge is 2.16. The number of esters is 1. The van der Waals surface area contributed by atoms with E-state index in [-0.39, 0.29) is 5.97 Å². The number of carbonyl (C=O) groups excluding carboxylic acids is 1. The number of aliphatic hydroxyl groups excluding tert-OH is 1. The number of methoxy groups -OCH3 is 1. The lowest BCUT2D eigenvalue weighted by molar-refractivity contribution is 0.0600. The van der Waals surface area contributed by atoms with E-state index >= 15 is 0 Å². The Morgan fingerprint density at radius 3 is 2.64 bits per heavy atom. The average Bonchev–Trinajstić information content (AvgIpc) is 2.99. The molecule has 1 atom stereocenters. The number of ether oxygens (including phenoxy) is 1. The number of para-hydroxylation sites is 2. The van der Waals surface area contributed by atoms with E-state index in [1.54, 1.807) is 24.3 Å². The highest BCUT2D eigenvalue weighted by molar-refractivity contribution is 5.89. The highest BCUT2D eigenvalue weighted by Crippen LogP contribution is 2.22. The van der Waals surface area contributed by atoms with Crippen LogP contribution < -0.4 is 0 Å². The van der Waals surface area contributed by atoms with Crippen LogP contribution in [0.5, 0.6) is 0 Å². The van der Waals surface area contributed by atoms with Gasteiger partial charge >= 0.3 is 5.97 Å². The van der Waals surface area contributed by atoms with Crippen molar-refractivity contribution < 1.29 is 19.1 Å². The van der Waals surface area contributed by atoms with Crippen molar-refractivity contribution in [3.05, 3.63) is 65.5 Å². The van der Waals surface area contributed by atoms with E-state index in [4.69, 9.17) is 4.42 Å². The fraction of sp³-hybridized carbons (Fsp3) is 0.176. The summed E-state index contributed by atoms with van der Waals surface area (Å²) < 4.78 is 10.2. The van der Waals surface area contributed by atoms with Gasteiger partial charge in [-0.3, -0.25) is 0 Å². The maximum absolute atomic E-state index is 11.4. The van der Waals surface area contributed by atoms with Crippen LogP contribution in [0.25, 0.3) is 11.1 Å². The fourth-order valence-corrected chi connectivity index (χ4v) is 2.24. The van der Waals surface area contributed by atoms with Crippen molar-refractivity contribution >= 4 is 17.1 Å². The van der Waals surface area contributed by atoms with Crippen LogP contribution in [0.3, 0.4) is 0 Å². The van der Waals surface area contributed by atoms with Crippen LogP contribution in [0, 0.1) is 0 Å². The van der Waals surface area contributed by atoms with Gasteiger partial charge in [0.1, 0.15) is 11.6 Å². The molecule has 22 heavy (non-hydrogen) atoms. The largest absolute Gasteiger partial charge is 0.465 e. The third-order valence-corrected chi connectivity index (χ3v) is 3.40. The maximum Gasteiger partial charge on any atom is 0.337 e. The quantitative estimate of drug-likeness (QED) is 0.750. The summed E-state index contributed by atoms with van der Waals surface area (Å²) in [6.07, 6.45) is -0.481. The van der Waals surface area contributed by atoms with Crippen molar-refractivity contribution in [2.45, 2.75) is 12.5 Å². The number of hydrogen-bond acceptors (Lipinski definition) is 5. The van der Waals surface area contributed by atoms with Crippen LogP contribution in [0.1, 0.15) is 27.9 Å². The molecule has 0 radical (unpaired) electrons. The van der Waals surface area contributed by atoms with Crippen LogP contribution >= 0.6 is 0 Å². The molecule has 3 rings (SSSR count). The van der Waals surface area contributed by atoms with Gasteiger partial charge in [0, 0.05) is 6.42 Å². The minimum atomic E-state index is -0.837. The number of aliphatic hydroxyl groups is 1. The summed E-state index contributed by atoms with van der Waals surface area (Å²) >= 11 is 0. The lowest BCUT2D eigenvalue weighted by Crippen LogP contribution is -2.04. The topological polar surface area (TPSA) is 72.6 Å². The third kappa shape index (κ3) is 2.84. The number of rotatable bonds is 4. The molecule has 0 aliphatic rings. The lowest BCUT2D eigenvalue weighted by Gasteiger charge is -2.07. The zero-order valence-electron chi connectivity index (χ0n) is 12.0. The Morgan fingerprint density at radius 2 is 1.95 bits per heavy atom. The van der Waals surface area contributed by atoms with Gasteiger partial charge in [-0.1, -0.05) is 24.3 Å². The minimum absolute atomic E-state index is 0.290. The number of nitrogens with zero attached hydrogens (tertiary/aromatic N) is 1. The molecule has 0 spiro atoms. The molecule has 1 aromatic heterocycles. The molecular formula is C17H15NO4. The van der Waals surface area contributed by atoms with Crippen LogP contribution in [0.2, 0.25) is 0 Å². The second kappa shape index (κ2) is 5.99. The summed E-state index contributed by atoms with van der Waals surface area (Å²) in [5, 5.41) is 10.3. The molecule has 1 N–H and O–H groups in total. The van der Waals surface area contributed by atoms with Gasteiger partial charge in [-0.05, 0) is 29.8 Å². The van der Waals surface area contributed by atoms with Crippen molar-refractivity contribution in [3.63, 3.8) is 0 Å². The summed E-state index contributed by atoms with van der Waals surface area (Å²) in [5.74, 6) is -0.0932. The van der Waals surface area contributed by atoms with Crippen molar-refractivity contribution in [2.24, 2.45) is 0 Å².